The van der Waals surface area contributed by atoms with Crippen molar-refractivity contribution in [3.63, 3.8) is 0 Å². The van der Waals surface area contributed by atoms with E-state index in [0.717, 1.165) is 24.6 Å². The third kappa shape index (κ3) is 3.02. The quantitative estimate of drug-likeness (QED) is 0.481. The normalized spacial score (nSPS) is 15.8. The first-order chi connectivity index (χ1) is 8.20. The molecular weight excluding hydrogens is 260 g/mol. The minimum atomic E-state index is -0.0221. The fourth-order valence-corrected chi connectivity index (χ4v) is 2.76. The largest absolute Gasteiger partial charge is 0.337 e. The highest BCUT2D eigenvalue weighted by Gasteiger charge is 2.19. The number of thioether (sulfide) groups is 1. The number of nitrogens with zero attached hydrogens (tertiary/aromatic N) is 2. The van der Waals surface area contributed by atoms with Crippen molar-refractivity contribution in [3.8, 4) is 0 Å². The molecule has 1 aromatic rings. The van der Waals surface area contributed by atoms with Crippen LogP contribution in [0.5, 0.6) is 0 Å². The molecule has 1 aliphatic heterocycles. The van der Waals surface area contributed by atoms with Gasteiger partial charge in [0.2, 0.25) is 0 Å². The summed E-state index contributed by atoms with van der Waals surface area (Å²) in [5, 5.41) is 0.259. The van der Waals surface area contributed by atoms with Gasteiger partial charge in [0, 0.05) is 30.2 Å². The van der Waals surface area contributed by atoms with Crippen molar-refractivity contribution in [2.24, 2.45) is 5.84 Å². The van der Waals surface area contributed by atoms with Crippen LogP contribution in [0.25, 0.3) is 0 Å². The maximum absolute atomic E-state index is 12.2. The Morgan fingerprint density at radius 1 is 1.47 bits per heavy atom. The predicted octanol–water partition coefficient (Wildman–Crippen LogP) is 1.21. The van der Waals surface area contributed by atoms with Crippen LogP contribution in [0.2, 0.25) is 5.15 Å². The minimum absolute atomic E-state index is 0.0221. The van der Waals surface area contributed by atoms with Gasteiger partial charge in [0.25, 0.3) is 5.91 Å². The fraction of sp³-hybridized carbons (Fsp3) is 0.400. The van der Waals surface area contributed by atoms with Crippen LogP contribution < -0.4 is 11.3 Å². The summed E-state index contributed by atoms with van der Waals surface area (Å²) in [5.74, 6) is 7.60. The van der Waals surface area contributed by atoms with E-state index in [1.165, 1.54) is 0 Å². The third-order valence-corrected chi connectivity index (χ3v) is 3.62. The lowest BCUT2D eigenvalue weighted by Crippen LogP contribution is -2.38. The number of hydrogen-bond donors (Lipinski definition) is 2. The number of aromatic nitrogens is 1. The van der Waals surface area contributed by atoms with E-state index < -0.39 is 0 Å². The molecule has 0 aliphatic carbocycles. The van der Waals surface area contributed by atoms with Gasteiger partial charge in [-0.25, -0.2) is 10.8 Å². The molecule has 1 saturated heterocycles. The van der Waals surface area contributed by atoms with Gasteiger partial charge in [-0.2, -0.15) is 11.8 Å². The van der Waals surface area contributed by atoms with Crippen molar-refractivity contribution in [3.05, 3.63) is 22.8 Å². The summed E-state index contributed by atoms with van der Waals surface area (Å²) < 4.78 is 0. The molecule has 1 aromatic heterocycles. The van der Waals surface area contributed by atoms with Gasteiger partial charge in [-0.15, -0.1) is 0 Å². The topological polar surface area (TPSA) is 71.2 Å². The number of nitrogens with two attached hydrogens (primary N) is 1. The van der Waals surface area contributed by atoms with Gasteiger partial charge in [-0.1, -0.05) is 11.6 Å². The summed E-state index contributed by atoms with van der Waals surface area (Å²) in [5.41, 5.74) is 2.91. The molecule has 17 heavy (non-hydrogen) atoms. The van der Waals surface area contributed by atoms with E-state index >= 15 is 0 Å². The Morgan fingerprint density at radius 3 is 2.82 bits per heavy atom. The lowest BCUT2D eigenvalue weighted by atomic mass is 10.2. The number of anilines is 1. The Kier molecular flexibility index (Phi) is 4.09. The molecule has 5 nitrogen and oxygen atoms in total. The smallest absolute Gasteiger partial charge is 0.254 e. The molecule has 1 aliphatic rings. The molecule has 0 bridgehead atoms. The molecule has 92 valence electrons. The van der Waals surface area contributed by atoms with Crippen LogP contribution in [0.1, 0.15) is 10.4 Å². The Hall–Kier alpha value is -0.980. The van der Waals surface area contributed by atoms with E-state index in [4.69, 9.17) is 17.4 Å². The molecule has 0 unspecified atom stereocenters. The van der Waals surface area contributed by atoms with Crippen molar-refractivity contribution in [1.82, 2.24) is 9.88 Å². The number of carbonyl (C=O) groups is 1. The Bertz CT molecular complexity index is 423. The molecule has 0 spiro atoms. The first-order valence-corrected chi connectivity index (χ1v) is 6.75. The van der Waals surface area contributed by atoms with Crippen LogP contribution in [-0.2, 0) is 0 Å². The first kappa shape index (κ1) is 12.5. The average Bonchev–Trinajstić information content (AvgIpc) is 2.38. The van der Waals surface area contributed by atoms with Crippen LogP contribution in [0, 0.1) is 0 Å². The molecule has 0 aromatic carbocycles. The number of carbonyl (C=O) groups excluding carboxylic acids is 1. The van der Waals surface area contributed by atoms with Crippen molar-refractivity contribution >= 4 is 35.1 Å². The van der Waals surface area contributed by atoms with E-state index in [9.17, 15) is 4.79 Å². The number of amides is 1. The Balaban J connectivity index is 2.20. The van der Waals surface area contributed by atoms with Gasteiger partial charge in [-0.05, 0) is 12.1 Å². The van der Waals surface area contributed by atoms with Gasteiger partial charge >= 0.3 is 0 Å². The molecule has 1 amide bonds. The van der Waals surface area contributed by atoms with Crippen molar-refractivity contribution < 1.29 is 4.79 Å². The number of pyridine rings is 1. The zero-order valence-corrected chi connectivity index (χ0v) is 10.7. The van der Waals surface area contributed by atoms with Crippen LogP contribution in [-0.4, -0.2) is 40.4 Å². The number of halogens is 1. The summed E-state index contributed by atoms with van der Waals surface area (Å²) in [6.45, 7) is 1.55. The fourth-order valence-electron chi connectivity index (χ4n) is 1.64. The SMILES string of the molecule is NNc1cc(C(=O)N2CCSCC2)cc(Cl)n1. The first-order valence-electron chi connectivity index (χ1n) is 5.22. The maximum Gasteiger partial charge on any atom is 0.254 e. The van der Waals surface area contributed by atoms with E-state index in [1.54, 1.807) is 12.1 Å². The van der Waals surface area contributed by atoms with Crippen LogP contribution in [0.3, 0.4) is 0 Å². The highest BCUT2D eigenvalue weighted by atomic mass is 35.5. The third-order valence-electron chi connectivity index (χ3n) is 2.49. The van der Waals surface area contributed by atoms with E-state index in [0.29, 0.717) is 11.4 Å². The molecular formula is C10H13ClN4OS. The van der Waals surface area contributed by atoms with E-state index in [1.807, 2.05) is 16.7 Å². The molecule has 0 saturated carbocycles. The summed E-state index contributed by atoms with van der Waals surface area (Å²) in [6, 6.07) is 3.17. The van der Waals surface area contributed by atoms with Crippen molar-refractivity contribution in [2.45, 2.75) is 0 Å². The number of hydrazine groups is 1. The van der Waals surface area contributed by atoms with Gasteiger partial charge in [-0.3, -0.25) is 4.79 Å². The number of hydrogen-bond acceptors (Lipinski definition) is 5. The minimum Gasteiger partial charge on any atom is -0.337 e. The van der Waals surface area contributed by atoms with Crippen LogP contribution in [0.4, 0.5) is 5.82 Å². The van der Waals surface area contributed by atoms with Gasteiger partial charge in [0.05, 0.1) is 0 Å². The second kappa shape index (κ2) is 5.57. The summed E-state index contributed by atoms with van der Waals surface area (Å²) in [6.07, 6.45) is 0. The maximum atomic E-state index is 12.2. The molecule has 7 heteroatoms. The zero-order valence-electron chi connectivity index (χ0n) is 9.15. The second-order valence-electron chi connectivity index (χ2n) is 3.61. The molecule has 2 rings (SSSR count). The number of rotatable bonds is 2. The highest BCUT2D eigenvalue weighted by molar-refractivity contribution is 7.99. The summed E-state index contributed by atoms with van der Waals surface area (Å²) >= 11 is 7.69. The predicted molar refractivity (Wildman–Crippen MR) is 70.3 cm³/mol. The lowest BCUT2D eigenvalue weighted by Gasteiger charge is -2.26. The van der Waals surface area contributed by atoms with Gasteiger partial charge in [0.1, 0.15) is 11.0 Å². The summed E-state index contributed by atoms with van der Waals surface area (Å²) in [4.78, 5) is 17.9. The zero-order chi connectivity index (χ0) is 12.3. The van der Waals surface area contributed by atoms with Crippen LogP contribution in [0.15, 0.2) is 12.1 Å². The average molecular weight is 273 g/mol. The molecule has 0 radical (unpaired) electrons. The Labute approximate surface area is 109 Å². The van der Waals surface area contributed by atoms with Gasteiger partial charge in [0.15, 0.2) is 0 Å². The molecule has 3 N–H and O–H groups in total. The monoisotopic (exact) mass is 272 g/mol. The molecule has 2 heterocycles. The van der Waals surface area contributed by atoms with E-state index in [2.05, 4.69) is 10.4 Å². The second-order valence-corrected chi connectivity index (χ2v) is 5.22. The highest BCUT2D eigenvalue weighted by Crippen LogP contribution is 2.17. The van der Waals surface area contributed by atoms with Crippen molar-refractivity contribution in [1.29, 1.82) is 0 Å². The molecule has 1 fully saturated rings. The number of nitrogen functional groups attached to an aromatic ring is 1. The lowest BCUT2D eigenvalue weighted by molar-refractivity contribution is 0.0772. The number of nitrogens with one attached hydrogen (secondary N) is 1. The molecule has 0 atom stereocenters. The van der Waals surface area contributed by atoms with Gasteiger partial charge < -0.3 is 10.3 Å². The van der Waals surface area contributed by atoms with Crippen molar-refractivity contribution in [2.75, 3.05) is 30.0 Å². The van der Waals surface area contributed by atoms with E-state index in [-0.39, 0.29) is 11.1 Å². The van der Waals surface area contributed by atoms with Crippen LogP contribution >= 0.6 is 23.4 Å². The Morgan fingerprint density at radius 2 is 2.18 bits per heavy atom. The standard InChI is InChI=1S/C10H13ClN4OS/c11-8-5-7(6-9(13-8)14-12)10(16)15-1-3-17-4-2-15/h5-6H,1-4,12H2,(H,13,14). The summed E-state index contributed by atoms with van der Waals surface area (Å²) in [7, 11) is 0.